The monoisotopic (exact) mass is 486 g/mol. The van der Waals surface area contributed by atoms with Crippen LogP contribution in [0.2, 0.25) is 0 Å². The highest BCUT2D eigenvalue weighted by Crippen LogP contribution is 2.32. The van der Waals surface area contributed by atoms with Gasteiger partial charge in [-0.1, -0.05) is 0 Å². The first kappa shape index (κ1) is 26.8. The Morgan fingerprint density at radius 3 is 1.97 bits per heavy atom. The Kier molecular flexibility index (Phi) is 10.2. The lowest BCUT2D eigenvalue weighted by molar-refractivity contribution is -0.141. The molecule has 2 aromatic carbocycles. The minimum atomic E-state index is -1.05. The van der Waals surface area contributed by atoms with Crippen LogP contribution in [0.15, 0.2) is 52.7 Å². The van der Waals surface area contributed by atoms with E-state index in [1.807, 2.05) is 4.90 Å². The van der Waals surface area contributed by atoms with Crippen LogP contribution in [0.4, 0.5) is 22.7 Å². The molecule has 0 heterocycles. The zero-order valence-corrected chi connectivity index (χ0v) is 19.5. The van der Waals surface area contributed by atoms with Crippen LogP contribution in [0.1, 0.15) is 31.1 Å². The number of anilines is 2. The summed E-state index contributed by atoms with van der Waals surface area (Å²) in [6.07, 6.45) is 0. The third kappa shape index (κ3) is 9.50. The van der Waals surface area contributed by atoms with Crippen molar-refractivity contribution in [2.45, 2.75) is 20.8 Å². The molecule has 0 saturated heterocycles. The molecule has 0 saturated carbocycles. The molecule has 0 aliphatic rings. The number of rotatable bonds is 12. The quantitative estimate of drug-likeness (QED) is 0.196. The van der Waals surface area contributed by atoms with Crippen molar-refractivity contribution in [1.82, 2.24) is 0 Å². The number of ether oxygens (including phenoxy) is 2. The highest BCUT2D eigenvalue weighted by molar-refractivity contribution is 5.87. The van der Waals surface area contributed by atoms with Gasteiger partial charge in [-0.25, -0.2) is 10.3 Å². The number of carboxylic acid groups (broad SMARTS) is 1. The second kappa shape index (κ2) is 13.3. The van der Waals surface area contributed by atoms with Crippen molar-refractivity contribution in [2.75, 3.05) is 36.7 Å². The molecule has 2 aromatic rings. The van der Waals surface area contributed by atoms with Gasteiger partial charge in [-0.3, -0.25) is 14.4 Å². The lowest BCUT2D eigenvalue weighted by Gasteiger charge is -2.25. The third-order valence-corrected chi connectivity index (χ3v) is 4.37. The Morgan fingerprint density at radius 2 is 1.46 bits per heavy atom. The molecule has 186 valence electrons. The predicted molar refractivity (Wildman–Crippen MR) is 125 cm³/mol. The number of esters is 2. The molecule has 2 rings (SSSR count). The van der Waals surface area contributed by atoms with Crippen molar-refractivity contribution in [1.29, 1.82) is 0 Å². The summed E-state index contributed by atoms with van der Waals surface area (Å²) >= 11 is 0. The van der Waals surface area contributed by atoms with E-state index in [2.05, 4.69) is 15.7 Å². The molecule has 0 aliphatic heterocycles. The summed E-state index contributed by atoms with van der Waals surface area (Å²) in [6.45, 7) is 4.67. The van der Waals surface area contributed by atoms with Crippen LogP contribution >= 0.6 is 0 Å². The van der Waals surface area contributed by atoms with Crippen molar-refractivity contribution < 1.29 is 38.6 Å². The molecule has 0 bridgehead atoms. The number of hydrogen-bond donors (Lipinski definition) is 2. The minimum absolute atomic E-state index is 0.107. The van der Waals surface area contributed by atoms with E-state index in [0.29, 0.717) is 35.8 Å². The van der Waals surface area contributed by atoms with Crippen molar-refractivity contribution in [3.05, 3.63) is 48.0 Å². The SMILES string of the molecule is CC(=O)OCCN(CCOC(C)=O)c1ccc(N=Nc2ccc(C(=O)O)cc2)c(NOC(C)=O)c1. The maximum atomic E-state index is 11.3. The topological polar surface area (TPSA) is 156 Å². The Labute approximate surface area is 201 Å². The summed E-state index contributed by atoms with van der Waals surface area (Å²) in [5, 5.41) is 17.3. The van der Waals surface area contributed by atoms with Crippen LogP contribution in [0.25, 0.3) is 0 Å². The maximum absolute atomic E-state index is 11.3. The number of carbonyl (C=O) groups excluding carboxylic acids is 3. The standard InChI is InChI=1S/C23H26N4O8/c1-15(28)33-12-10-27(11-13-34-16(2)29)20-8-9-21(22(14-20)26-35-17(3)30)25-24-19-6-4-18(5-7-19)23(31)32/h4-9,14,26H,10-13H2,1-3H3,(H,31,32). The summed E-state index contributed by atoms with van der Waals surface area (Å²) in [4.78, 5) is 51.3. The summed E-state index contributed by atoms with van der Waals surface area (Å²) in [5.41, 5.74) is 4.36. The van der Waals surface area contributed by atoms with Gasteiger partial charge in [0.1, 0.15) is 24.6 Å². The normalized spacial score (nSPS) is 10.5. The van der Waals surface area contributed by atoms with Crippen molar-refractivity contribution >= 4 is 46.6 Å². The van der Waals surface area contributed by atoms with Crippen LogP contribution < -0.4 is 10.4 Å². The molecule has 0 radical (unpaired) electrons. The number of carbonyl (C=O) groups is 4. The lowest BCUT2D eigenvalue weighted by atomic mass is 10.2. The second-order valence-electron chi connectivity index (χ2n) is 7.12. The summed E-state index contributed by atoms with van der Waals surface area (Å²) in [6, 6.07) is 10.8. The van der Waals surface area contributed by atoms with E-state index in [1.54, 1.807) is 18.2 Å². The smallest absolute Gasteiger partial charge is 0.335 e. The number of carboxylic acids is 1. The van der Waals surface area contributed by atoms with Crippen LogP contribution in [0.3, 0.4) is 0 Å². The number of aromatic carboxylic acids is 1. The van der Waals surface area contributed by atoms with Gasteiger partial charge < -0.3 is 24.3 Å². The Balaban J connectivity index is 2.29. The summed E-state index contributed by atoms with van der Waals surface area (Å²) in [7, 11) is 0. The molecule has 0 aromatic heterocycles. The summed E-state index contributed by atoms with van der Waals surface area (Å²) < 4.78 is 10.0. The number of nitrogens with one attached hydrogen (secondary N) is 1. The molecule has 2 N–H and O–H groups in total. The zero-order valence-electron chi connectivity index (χ0n) is 19.5. The van der Waals surface area contributed by atoms with Crippen molar-refractivity contribution in [3.8, 4) is 0 Å². The molecule has 0 spiro atoms. The third-order valence-electron chi connectivity index (χ3n) is 4.37. The van der Waals surface area contributed by atoms with Crippen LogP contribution in [0, 0.1) is 0 Å². The fourth-order valence-corrected chi connectivity index (χ4v) is 2.77. The van der Waals surface area contributed by atoms with Crippen molar-refractivity contribution in [2.24, 2.45) is 10.2 Å². The molecule has 12 nitrogen and oxygen atoms in total. The Hall–Kier alpha value is -4.48. The summed E-state index contributed by atoms with van der Waals surface area (Å²) in [5.74, 6) is -2.48. The maximum Gasteiger partial charge on any atom is 0.335 e. The predicted octanol–water partition coefficient (Wildman–Crippen LogP) is 3.62. The van der Waals surface area contributed by atoms with Gasteiger partial charge in [0.05, 0.1) is 24.3 Å². The molecule has 0 atom stereocenters. The van der Waals surface area contributed by atoms with Gasteiger partial charge in [-0.2, -0.15) is 5.11 Å². The fourth-order valence-electron chi connectivity index (χ4n) is 2.77. The molecule has 35 heavy (non-hydrogen) atoms. The fraction of sp³-hybridized carbons (Fsp3) is 0.304. The first-order chi connectivity index (χ1) is 16.7. The molecular weight excluding hydrogens is 460 g/mol. The van der Waals surface area contributed by atoms with Crippen LogP contribution in [-0.4, -0.2) is 55.3 Å². The van der Waals surface area contributed by atoms with Crippen LogP contribution in [-0.2, 0) is 28.7 Å². The van der Waals surface area contributed by atoms with Gasteiger partial charge in [0.25, 0.3) is 0 Å². The van der Waals surface area contributed by atoms with E-state index >= 15 is 0 Å². The van der Waals surface area contributed by atoms with Gasteiger partial charge in [-0.15, -0.1) is 5.11 Å². The Bertz CT molecular complexity index is 1070. The number of azo groups is 1. The number of nitrogens with zero attached hydrogens (tertiary/aromatic N) is 3. The van der Waals surface area contributed by atoms with Gasteiger partial charge in [0, 0.05) is 26.5 Å². The number of benzene rings is 2. The first-order valence-corrected chi connectivity index (χ1v) is 10.5. The first-order valence-electron chi connectivity index (χ1n) is 10.5. The largest absolute Gasteiger partial charge is 0.478 e. The van der Waals surface area contributed by atoms with Crippen molar-refractivity contribution in [3.63, 3.8) is 0 Å². The molecule has 0 aliphatic carbocycles. The van der Waals surface area contributed by atoms with E-state index < -0.39 is 23.9 Å². The highest BCUT2D eigenvalue weighted by atomic mass is 16.7. The van der Waals surface area contributed by atoms with Crippen LogP contribution in [0.5, 0.6) is 0 Å². The second-order valence-corrected chi connectivity index (χ2v) is 7.12. The van der Waals surface area contributed by atoms with Gasteiger partial charge in [-0.05, 0) is 42.5 Å². The minimum Gasteiger partial charge on any atom is -0.478 e. The van der Waals surface area contributed by atoms with E-state index in [9.17, 15) is 19.2 Å². The molecule has 12 heteroatoms. The van der Waals surface area contributed by atoms with E-state index in [4.69, 9.17) is 19.4 Å². The Morgan fingerprint density at radius 1 is 0.857 bits per heavy atom. The average Bonchev–Trinajstić information content (AvgIpc) is 2.80. The zero-order chi connectivity index (χ0) is 25.8. The highest BCUT2D eigenvalue weighted by Gasteiger charge is 2.13. The van der Waals surface area contributed by atoms with Gasteiger partial charge >= 0.3 is 23.9 Å². The number of hydrogen-bond acceptors (Lipinski definition) is 11. The van der Waals surface area contributed by atoms with Gasteiger partial charge in [0.15, 0.2) is 0 Å². The van der Waals surface area contributed by atoms with Gasteiger partial charge in [0.2, 0.25) is 0 Å². The molecule has 0 amide bonds. The van der Waals surface area contributed by atoms with E-state index in [1.165, 1.54) is 45.0 Å². The molecule has 0 unspecified atom stereocenters. The van der Waals surface area contributed by atoms with E-state index in [-0.39, 0.29) is 18.8 Å². The molecular formula is C23H26N4O8. The van der Waals surface area contributed by atoms with E-state index in [0.717, 1.165) is 0 Å². The lowest BCUT2D eigenvalue weighted by Crippen LogP contribution is -2.32. The average molecular weight is 486 g/mol. The molecule has 0 fully saturated rings.